The number of amides is 1. The molecule has 1 aliphatic rings. The number of carbonyl (C=O) groups excluding carboxylic acids is 1. The van der Waals surface area contributed by atoms with E-state index >= 15 is 0 Å². The Hall–Kier alpha value is -3.11. The van der Waals surface area contributed by atoms with Crippen LogP contribution in [0.15, 0.2) is 78.9 Å². The van der Waals surface area contributed by atoms with Crippen molar-refractivity contribution in [3.8, 4) is 11.1 Å². The second-order valence-corrected chi connectivity index (χ2v) is 8.06. The van der Waals surface area contributed by atoms with Gasteiger partial charge >= 0.3 is 0 Å². The van der Waals surface area contributed by atoms with E-state index in [1.165, 1.54) is 5.56 Å². The molecule has 0 bridgehead atoms. The fourth-order valence-electron chi connectivity index (χ4n) is 3.92. The Morgan fingerprint density at radius 3 is 2.13 bits per heavy atom. The van der Waals surface area contributed by atoms with Gasteiger partial charge in [0.1, 0.15) is 0 Å². The van der Waals surface area contributed by atoms with Gasteiger partial charge in [0.15, 0.2) is 0 Å². The second kappa shape index (κ2) is 9.59. The summed E-state index contributed by atoms with van der Waals surface area (Å²) >= 11 is 0. The van der Waals surface area contributed by atoms with Crippen LogP contribution in [0, 0.1) is 0 Å². The van der Waals surface area contributed by atoms with E-state index < -0.39 is 0 Å². The Kier molecular flexibility index (Phi) is 6.45. The zero-order valence-corrected chi connectivity index (χ0v) is 17.5. The minimum Gasteiger partial charge on any atom is -0.381 e. The standard InChI is InChI=1S/C26H29N3O/c1-29-17-15-23(16-18-29)27-24-9-5-6-10-25(24)28-26(30)19-20-11-13-22(14-12-20)21-7-3-2-4-8-21/h2-14,23,27H,15-19H2,1H3,(H,28,30). The Labute approximate surface area is 178 Å². The number of carbonyl (C=O) groups is 1. The first-order valence-corrected chi connectivity index (χ1v) is 10.7. The quantitative estimate of drug-likeness (QED) is 0.610. The number of nitrogens with one attached hydrogen (secondary N) is 2. The number of anilines is 2. The van der Waals surface area contributed by atoms with Crippen LogP contribution in [0.3, 0.4) is 0 Å². The first-order chi connectivity index (χ1) is 14.7. The lowest BCUT2D eigenvalue weighted by Gasteiger charge is -2.30. The summed E-state index contributed by atoms with van der Waals surface area (Å²) in [6.45, 7) is 2.20. The van der Waals surface area contributed by atoms with Crippen molar-refractivity contribution in [3.63, 3.8) is 0 Å². The van der Waals surface area contributed by atoms with Gasteiger partial charge in [0.05, 0.1) is 17.8 Å². The molecule has 0 spiro atoms. The van der Waals surface area contributed by atoms with Crippen LogP contribution in [-0.2, 0) is 11.2 Å². The van der Waals surface area contributed by atoms with E-state index in [1.807, 2.05) is 54.6 Å². The average Bonchev–Trinajstić information content (AvgIpc) is 2.78. The molecular formula is C26H29N3O. The molecule has 0 saturated carbocycles. The van der Waals surface area contributed by atoms with Gasteiger partial charge in [0.2, 0.25) is 5.91 Å². The van der Waals surface area contributed by atoms with Gasteiger partial charge in [-0.15, -0.1) is 0 Å². The summed E-state index contributed by atoms with van der Waals surface area (Å²) in [6, 6.07) is 26.9. The zero-order chi connectivity index (χ0) is 20.8. The molecule has 0 unspecified atom stereocenters. The summed E-state index contributed by atoms with van der Waals surface area (Å²) in [4.78, 5) is 15.0. The number of nitrogens with zero attached hydrogens (tertiary/aromatic N) is 1. The predicted octanol–water partition coefficient (Wildman–Crippen LogP) is 5.04. The van der Waals surface area contributed by atoms with Crippen LogP contribution in [-0.4, -0.2) is 37.0 Å². The largest absolute Gasteiger partial charge is 0.381 e. The molecule has 30 heavy (non-hydrogen) atoms. The van der Waals surface area contributed by atoms with E-state index in [0.717, 1.165) is 48.4 Å². The minimum absolute atomic E-state index is 0.0000820. The van der Waals surface area contributed by atoms with Crippen LogP contribution in [0.5, 0.6) is 0 Å². The summed E-state index contributed by atoms with van der Waals surface area (Å²) in [5.41, 5.74) is 5.20. The van der Waals surface area contributed by atoms with Gasteiger partial charge in [-0.05, 0) is 61.8 Å². The highest BCUT2D eigenvalue weighted by Crippen LogP contribution is 2.25. The highest BCUT2D eigenvalue weighted by molar-refractivity contribution is 5.95. The third-order valence-electron chi connectivity index (χ3n) is 5.71. The van der Waals surface area contributed by atoms with E-state index in [9.17, 15) is 4.79 Å². The molecule has 4 rings (SSSR count). The van der Waals surface area contributed by atoms with Gasteiger partial charge in [-0.2, -0.15) is 0 Å². The fourth-order valence-corrected chi connectivity index (χ4v) is 3.92. The van der Waals surface area contributed by atoms with Crippen LogP contribution in [0.1, 0.15) is 18.4 Å². The Morgan fingerprint density at radius 2 is 1.43 bits per heavy atom. The lowest BCUT2D eigenvalue weighted by Crippen LogP contribution is -2.36. The molecule has 1 amide bonds. The van der Waals surface area contributed by atoms with Crippen LogP contribution in [0.4, 0.5) is 11.4 Å². The van der Waals surface area contributed by atoms with E-state index in [2.05, 4.69) is 46.8 Å². The number of para-hydroxylation sites is 2. The first-order valence-electron chi connectivity index (χ1n) is 10.7. The summed E-state index contributed by atoms with van der Waals surface area (Å²) in [5.74, 6) is 0.0000820. The molecule has 154 valence electrons. The molecule has 1 saturated heterocycles. The number of benzene rings is 3. The van der Waals surface area contributed by atoms with E-state index in [1.54, 1.807) is 0 Å². The first kappa shape index (κ1) is 20.2. The molecular weight excluding hydrogens is 370 g/mol. The maximum absolute atomic E-state index is 12.7. The smallest absolute Gasteiger partial charge is 0.228 e. The third kappa shape index (κ3) is 5.28. The van der Waals surface area contributed by atoms with E-state index in [0.29, 0.717) is 12.5 Å². The SMILES string of the molecule is CN1CCC(Nc2ccccc2NC(=O)Cc2ccc(-c3ccccc3)cc2)CC1. The van der Waals surface area contributed by atoms with Gasteiger partial charge in [0, 0.05) is 6.04 Å². The van der Waals surface area contributed by atoms with E-state index in [-0.39, 0.29) is 5.91 Å². The Morgan fingerprint density at radius 1 is 0.833 bits per heavy atom. The average molecular weight is 400 g/mol. The van der Waals surface area contributed by atoms with Gasteiger partial charge in [-0.25, -0.2) is 0 Å². The molecule has 0 aromatic heterocycles. The molecule has 4 heteroatoms. The predicted molar refractivity (Wildman–Crippen MR) is 125 cm³/mol. The van der Waals surface area contributed by atoms with Crippen molar-refractivity contribution in [1.29, 1.82) is 0 Å². The molecule has 1 aliphatic heterocycles. The van der Waals surface area contributed by atoms with Crippen molar-refractivity contribution < 1.29 is 4.79 Å². The van der Waals surface area contributed by atoms with Crippen LogP contribution in [0.2, 0.25) is 0 Å². The molecule has 2 N–H and O–H groups in total. The minimum atomic E-state index is 0.0000820. The molecule has 1 heterocycles. The molecule has 3 aromatic rings. The van der Waals surface area contributed by atoms with Crippen molar-refractivity contribution in [2.75, 3.05) is 30.8 Å². The van der Waals surface area contributed by atoms with Crippen LogP contribution in [0.25, 0.3) is 11.1 Å². The normalized spacial score (nSPS) is 15.0. The van der Waals surface area contributed by atoms with Crippen molar-refractivity contribution in [1.82, 2.24) is 4.90 Å². The van der Waals surface area contributed by atoms with Crippen LogP contribution >= 0.6 is 0 Å². The zero-order valence-electron chi connectivity index (χ0n) is 17.5. The maximum Gasteiger partial charge on any atom is 0.228 e. The van der Waals surface area contributed by atoms with Gasteiger partial charge in [-0.3, -0.25) is 4.79 Å². The highest BCUT2D eigenvalue weighted by Gasteiger charge is 2.17. The van der Waals surface area contributed by atoms with Crippen molar-refractivity contribution in [2.24, 2.45) is 0 Å². The van der Waals surface area contributed by atoms with Gasteiger partial charge in [-0.1, -0.05) is 66.7 Å². The van der Waals surface area contributed by atoms with Crippen molar-refractivity contribution >= 4 is 17.3 Å². The van der Waals surface area contributed by atoms with Crippen molar-refractivity contribution in [3.05, 3.63) is 84.4 Å². The third-order valence-corrected chi connectivity index (χ3v) is 5.71. The topological polar surface area (TPSA) is 44.4 Å². The molecule has 0 aliphatic carbocycles. The molecule has 3 aromatic carbocycles. The van der Waals surface area contributed by atoms with Crippen LogP contribution < -0.4 is 10.6 Å². The van der Waals surface area contributed by atoms with Crippen molar-refractivity contribution in [2.45, 2.75) is 25.3 Å². The molecule has 1 fully saturated rings. The lowest BCUT2D eigenvalue weighted by molar-refractivity contribution is -0.115. The second-order valence-electron chi connectivity index (χ2n) is 8.06. The number of likely N-dealkylation sites (tertiary alicyclic amines) is 1. The Bertz CT molecular complexity index is 961. The lowest BCUT2D eigenvalue weighted by atomic mass is 10.0. The summed E-state index contributed by atoms with van der Waals surface area (Å²) in [5, 5.41) is 6.72. The number of hydrogen-bond acceptors (Lipinski definition) is 3. The summed E-state index contributed by atoms with van der Waals surface area (Å²) < 4.78 is 0. The Balaban J connectivity index is 1.37. The summed E-state index contributed by atoms with van der Waals surface area (Å²) in [6.07, 6.45) is 2.59. The number of rotatable bonds is 6. The van der Waals surface area contributed by atoms with E-state index in [4.69, 9.17) is 0 Å². The summed E-state index contributed by atoms with van der Waals surface area (Å²) in [7, 11) is 2.16. The fraction of sp³-hybridized carbons (Fsp3) is 0.269. The highest BCUT2D eigenvalue weighted by atomic mass is 16.1. The van der Waals surface area contributed by atoms with Gasteiger partial charge in [0.25, 0.3) is 0 Å². The number of hydrogen-bond donors (Lipinski definition) is 2. The monoisotopic (exact) mass is 399 g/mol. The number of piperidine rings is 1. The maximum atomic E-state index is 12.7. The molecule has 4 nitrogen and oxygen atoms in total. The molecule has 0 radical (unpaired) electrons. The molecule has 0 atom stereocenters. The van der Waals surface area contributed by atoms with Gasteiger partial charge < -0.3 is 15.5 Å².